The molecule has 3 rings (SSSR count). The van der Waals surface area contributed by atoms with Gasteiger partial charge in [-0.2, -0.15) is 0 Å². The van der Waals surface area contributed by atoms with E-state index in [4.69, 9.17) is 9.47 Å². The molecule has 1 aliphatic rings. The molecule has 1 aliphatic heterocycles. The Balaban J connectivity index is 1.49. The van der Waals surface area contributed by atoms with Crippen molar-refractivity contribution in [3.63, 3.8) is 0 Å². The van der Waals surface area contributed by atoms with E-state index in [2.05, 4.69) is 11.4 Å². The normalized spacial score (nSPS) is 12.7. The van der Waals surface area contributed by atoms with Gasteiger partial charge in [0.2, 0.25) is 5.91 Å². The molecular formula is C19H21NO3. The molecule has 0 bridgehead atoms. The fraction of sp³-hybridized carbons (Fsp3) is 0.316. The van der Waals surface area contributed by atoms with Gasteiger partial charge in [0, 0.05) is 13.0 Å². The molecule has 1 heterocycles. The van der Waals surface area contributed by atoms with E-state index in [9.17, 15) is 4.79 Å². The van der Waals surface area contributed by atoms with Crippen LogP contribution in [0.2, 0.25) is 0 Å². The maximum atomic E-state index is 12.0. The summed E-state index contributed by atoms with van der Waals surface area (Å²) in [5.41, 5.74) is 3.41. The van der Waals surface area contributed by atoms with Crippen molar-refractivity contribution in [3.05, 3.63) is 59.2 Å². The smallest absolute Gasteiger partial charge is 0.220 e. The highest BCUT2D eigenvalue weighted by Crippen LogP contribution is 2.31. The van der Waals surface area contributed by atoms with E-state index in [-0.39, 0.29) is 5.91 Å². The van der Waals surface area contributed by atoms with Crippen LogP contribution >= 0.6 is 0 Å². The van der Waals surface area contributed by atoms with Gasteiger partial charge < -0.3 is 14.8 Å². The number of amides is 1. The fourth-order valence-electron chi connectivity index (χ4n) is 2.61. The number of ether oxygens (including phenoxy) is 2. The second-order valence-corrected chi connectivity index (χ2v) is 5.74. The van der Waals surface area contributed by atoms with Crippen molar-refractivity contribution < 1.29 is 14.3 Å². The topological polar surface area (TPSA) is 47.6 Å². The first-order valence-electron chi connectivity index (χ1n) is 7.91. The molecule has 120 valence electrons. The number of fused-ring (bicyclic) bond motifs is 1. The minimum absolute atomic E-state index is 0.0568. The second-order valence-electron chi connectivity index (χ2n) is 5.74. The summed E-state index contributed by atoms with van der Waals surface area (Å²) in [6.45, 7) is 3.79. The van der Waals surface area contributed by atoms with Gasteiger partial charge in [0.05, 0.1) is 0 Å². The van der Waals surface area contributed by atoms with E-state index in [0.717, 1.165) is 22.6 Å². The predicted octanol–water partition coefficient (Wildman–Crippen LogP) is 3.02. The number of aryl methyl sites for hydroxylation is 2. The Morgan fingerprint density at radius 2 is 1.87 bits per heavy atom. The Bertz CT molecular complexity index is 697. The van der Waals surface area contributed by atoms with Gasteiger partial charge >= 0.3 is 0 Å². The summed E-state index contributed by atoms with van der Waals surface area (Å²) in [7, 11) is 0. The standard InChI is InChI=1S/C19H21NO3/c1-14-3-2-4-16(11-14)13-20-19(21)8-6-15-5-7-17-18(12-15)23-10-9-22-17/h2-5,7,11-12H,6,8-10,13H2,1H3,(H,20,21). The Kier molecular flexibility index (Phi) is 4.81. The summed E-state index contributed by atoms with van der Waals surface area (Å²) in [5, 5.41) is 2.96. The van der Waals surface area contributed by atoms with Crippen LogP contribution in [0.5, 0.6) is 11.5 Å². The number of rotatable bonds is 5. The molecule has 2 aromatic carbocycles. The zero-order valence-electron chi connectivity index (χ0n) is 13.3. The van der Waals surface area contributed by atoms with Crippen molar-refractivity contribution in [3.8, 4) is 11.5 Å². The van der Waals surface area contributed by atoms with E-state index in [1.807, 2.05) is 43.3 Å². The van der Waals surface area contributed by atoms with Crippen molar-refractivity contribution in [2.45, 2.75) is 26.3 Å². The van der Waals surface area contributed by atoms with Gasteiger partial charge in [0.1, 0.15) is 13.2 Å². The van der Waals surface area contributed by atoms with Crippen LogP contribution in [0.25, 0.3) is 0 Å². The lowest BCUT2D eigenvalue weighted by molar-refractivity contribution is -0.121. The highest BCUT2D eigenvalue weighted by atomic mass is 16.6. The number of benzene rings is 2. The molecule has 0 saturated heterocycles. The fourth-order valence-corrected chi connectivity index (χ4v) is 2.61. The lowest BCUT2D eigenvalue weighted by Crippen LogP contribution is -2.23. The lowest BCUT2D eigenvalue weighted by atomic mass is 10.1. The number of nitrogens with one attached hydrogen (secondary N) is 1. The minimum atomic E-state index is 0.0568. The highest BCUT2D eigenvalue weighted by Gasteiger charge is 2.12. The Labute approximate surface area is 136 Å². The van der Waals surface area contributed by atoms with Crippen molar-refractivity contribution in [2.75, 3.05) is 13.2 Å². The minimum Gasteiger partial charge on any atom is -0.486 e. The Hall–Kier alpha value is -2.49. The third-order valence-corrected chi connectivity index (χ3v) is 3.82. The zero-order chi connectivity index (χ0) is 16.1. The summed E-state index contributed by atoms with van der Waals surface area (Å²) < 4.78 is 11.1. The lowest BCUT2D eigenvalue weighted by Gasteiger charge is -2.18. The first-order valence-corrected chi connectivity index (χ1v) is 7.91. The average molecular weight is 311 g/mol. The number of hydrogen-bond acceptors (Lipinski definition) is 3. The number of carbonyl (C=O) groups is 1. The third-order valence-electron chi connectivity index (χ3n) is 3.82. The van der Waals surface area contributed by atoms with E-state index < -0.39 is 0 Å². The third kappa shape index (κ3) is 4.25. The molecule has 0 saturated carbocycles. The number of carbonyl (C=O) groups excluding carboxylic acids is 1. The SMILES string of the molecule is Cc1cccc(CNC(=O)CCc2ccc3c(c2)OCCO3)c1. The maximum absolute atomic E-state index is 12.0. The van der Waals surface area contributed by atoms with Gasteiger partial charge in [-0.15, -0.1) is 0 Å². The van der Waals surface area contributed by atoms with E-state index in [1.165, 1.54) is 5.56 Å². The van der Waals surface area contributed by atoms with Crippen LogP contribution in [-0.2, 0) is 17.8 Å². The van der Waals surface area contributed by atoms with Gasteiger partial charge in [0.25, 0.3) is 0 Å². The molecule has 0 radical (unpaired) electrons. The van der Waals surface area contributed by atoms with Crippen molar-refractivity contribution in [2.24, 2.45) is 0 Å². The maximum Gasteiger partial charge on any atom is 0.220 e. The molecule has 0 spiro atoms. The second kappa shape index (κ2) is 7.18. The van der Waals surface area contributed by atoms with Crippen LogP contribution in [0.1, 0.15) is 23.1 Å². The van der Waals surface area contributed by atoms with Crippen LogP contribution in [0, 0.1) is 6.92 Å². The van der Waals surface area contributed by atoms with Gasteiger partial charge in [0.15, 0.2) is 11.5 Å². The first kappa shape index (κ1) is 15.4. The van der Waals surface area contributed by atoms with Crippen LogP contribution < -0.4 is 14.8 Å². The van der Waals surface area contributed by atoms with Crippen molar-refractivity contribution >= 4 is 5.91 Å². The van der Waals surface area contributed by atoms with Crippen LogP contribution in [0.4, 0.5) is 0 Å². The summed E-state index contributed by atoms with van der Waals surface area (Å²) in [6.07, 6.45) is 1.15. The predicted molar refractivity (Wildman–Crippen MR) is 88.8 cm³/mol. The highest BCUT2D eigenvalue weighted by molar-refractivity contribution is 5.76. The van der Waals surface area contributed by atoms with Crippen molar-refractivity contribution in [1.82, 2.24) is 5.32 Å². The molecule has 23 heavy (non-hydrogen) atoms. The summed E-state index contributed by atoms with van der Waals surface area (Å²) >= 11 is 0. The molecule has 4 nitrogen and oxygen atoms in total. The van der Waals surface area contributed by atoms with Crippen LogP contribution in [-0.4, -0.2) is 19.1 Å². The summed E-state index contributed by atoms with van der Waals surface area (Å²) in [6, 6.07) is 14.0. The van der Waals surface area contributed by atoms with Crippen LogP contribution in [0.15, 0.2) is 42.5 Å². The molecular weight excluding hydrogens is 290 g/mol. The number of hydrogen-bond donors (Lipinski definition) is 1. The average Bonchev–Trinajstić information content (AvgIpc) is 2.58. The van der Waals surface area contributed by atoms with Gasteiger partial charge in [-0.05, 0) is 36.6 Å². The summed E-state index contributed by atoms with van der Waals surface area (Å²) in [4.78, 5) is 12.0. The molecule has 1 N–H and O–H groups in total. The van der Waals surface area contributed by atoms with Gasteiger partial charge in [-0.25, -0.2) is 0 Å². The van der Waals surface area contributed by atoms with E-state index >= 15 is 0 Å². The molecule has 2 aromatic rings. The zero-order valence-corrected chi connectivity index (χ0v) is 13.3. The molecule has 0 aliphatic carbocycles. The van der Waals surface area contributed by atoms with Gasteiger partial charge in [-0.1, -0.05) is 35.9 Å². The molecule has 0 fully saturated rings. The first-order chi connectivity index (χ1) is 11.2. The van der Waals surface area contributed by atoms with Crippen LogP contribution in [0.3, 0.4) is 0 Å². The molecule has 1 amide bonds. The Morgan fingerprint density at radius 1 is 1.04 bits per heavy atom. The quantitative estimate of drug-likeness (QED) is 0.923. The molecule has 4 heteroatoms. The largest absolute Gasteiger partial charge is 0.486 e. The van der Waals surface area contributed by atoms with Crippen molar-refractivity contribution in [1.29, 1.82) is 0 Å². The molecule has 0 unspecified atom stereocenters. The molecule has 0 atom stereocenters. The van der Waals surface area contributed by atoms with E-state index in [0.29, 0.717) is 32.6 Å². The van der Waals surface area contributed by atoms with Gasteiger partial charge in [-0.3, -0.25) is 4.79 Å². The van der Waals surface area contributed by atoms with E-state index in [1.54, 1.807) is 0 Å². The summed E-state index contributed by atoms with van der Waals surface area (Å²) in [5.74, 6) is 1.61. The molecule has 0 aromatic heterocycles. The monoisotopic (exact) mass is 311 g/mol. The Morgan fingerprint density at radius 3 is 2.70 bits per heavy atom.